The molecular formula is C20H21N3O2S2. The van der Waals surface area contributed by atoms with Gasteiger partial charge in [-0.15, -0.1) is 11.3 Å². The average molecular weight is 400 g/mol. The number of benzene rings is 1. The lowest BCUT2D eigenvalue weighted by atomic mass is 9.97. The van der Waals surface area contributed by atoms with E-state index < -0.39 is 0 Å². The lowest BCUT2D eigenvalue weighted by Gasteiger charge is -2.14. The molecule has 140 valence electrons. The Morgan fingerprint density at radius 1 is 1.22 bits per heavy atom. The van der Waals surface area contributed by atoms with Gasteiger partial charge in [0.25, 0.3) is 0 Å². The molecule has 2 aromatic heterocycles. The van der Waals surface area contributed by atoms with E-state index in [0.29, 0.717) is 0 Å². The van der Waals surface area contributed by atoms with Gasteiger partial charge in [0.05, 0.1) is 12.4 Å². The van der Waals surface area contributed by atoms with Gasteiger partial charge in [-0.2, -0.15) is 0 Å². The zero-order chi connectivity index (χ0) is 18.8. The summed E-state index contributed by atoms with van der Waals surface area (Å²) < 4.78 is 5.15. The third kappa shape index (κ3) is 3.80. The monoisotopic (exact) mass is 399 g/mol. The summed E-state index contributed by atoms with van der Waals surface area (Å²) in [6.07, 6.45) is 6.29. The maximum absolute atomic E-state index is 12.6. The first-order chi connectivity index (χ1) is 13.2. The van der Waals surface area contributed by atoms with Crippen molar-refractivity contribution in [3.63, 3.8) is 0 Å². The summed E-state index contributed by atoms with van der Waals surface area (Å²) in [5.74, 6) is 0.724. The van der Waals surface area contributed by atoms with E-state index in [1.807, 2.05) is 31.2 Å². The number of ether oxygens (including phenoxy) is 1. The number of amides is 1. The fourth-order valence-corrected chi connectivity index (χ4v) is 5.53. The number of carbonyl (C=O) groups excluding carboxylic acids is 1. The SMILES string of the molecule is COc1ccc(NC(=O)[C@H](C)Sc2ncnc3sc4c(c23)CCCC4)cc1. The molecule has 27 heavy (non-hydrogen) atoms. The molecular weight excluding hydrogens is 378 g/mol. The number of fused-ring (bicyclic) bond motifs is 3. The number of thiophene rings is 1. The average Bonchev–Trinajstić information content (AvgIpc) is 3.08. The topological polar surface area (TPSA) is 64.1 Å². The summed E-state index contributed by atoms with van der Waals surface area (Å²) in [4.78, 5) is 24.1. The maximum atomic E-state index is 12.6. The molecule has 1 aliphatic carbocycles. The zero-order valence-corrected chi connectivity index (χ0v) is 17.0. The number of aromatic nitrogens is 2. The van der Waals surface area contributed by atoms with E-state index in [2.05, 4.69) is 15.3 Å². The Kier molecular flexibility index (Phi) is 5.31. The van der Waals surface area contributed by atoms with Crippen LogP contribution in [0.4, 0.5) is 5.69 Å². The highest BCUT2D eigenvalue weighted by atomic mass is 32.2. The van der Waals surface area contributed by atoms with Gasteiger partial charge in [0.15, 0.2) is 0 Å². The number of hydrogen-bond acceptors (Lipinski definition) is 6. The number of carbonyl (C=O) groups is 1. The fraction of sp³-hybridized carbons (Fsp3) is 0.350. The Bertz CT molecular complexity index is 969. The number of aryl methyl sites for hydroxylation is 2. The Morgan fingerprint density at radius 2 is 2.00 bits per heavy atom. The molecule has 0 spiro atoms. The molecule has 4 rings (SSSR count). The Labute approximate surface area is 166 Å². The predicted molar refractivity (Wildman–Crippen MR) is 111 cm³/mol. The van der Waals surface area contributed by atoms with E-state index in [9.17, 15) is 4.79 Å². The summed E-state index contributed by atoms with van der Waals surface area (Å²) in [6, 6.07) is 7.34. The van der Waals surface area contributed by atoms with Crippen molar-refractivity contribution >= 4 is 44.9 Å². The minimum absolute atomic E-state index is 0.0407. The van der Waals surface area contributed by atoms with Crippen LogP contribution in [0.5, 0.6) is 5.75 Å². The lowest BCUT2D eigenvalue weighted by Crippen LogP contribution is -2.22. The van der Waals surface area contributed by atoms with E-state index in [1.54, 1.807) is 24.8 Å². The second-order valence-corrected chi connectivity index (χ2v) is 8.96. The van der Waals surface area contributed by atoms with Gasteiger partial charge >= 0.3 is 0 Å². The van der Waals surface area contributed by atoms with Gasteiger partial charge in [0.1, 0.15) is 21.9 Å². The van der Waals surface area contributed by atoms with Crippen molar-refractivity contribution in [2.24, 2.45) is 0 Å². The van der Waals surface area contributed by atoms with Crippen LogP contribution in [-0.4, -0.2) is 28.2 Å². The highest BCUT2D eigenvalue weighted by Crippen LogP contribution is 2.40. The molecule has 3 aromatic rings. The van der Waals surface area contributed by atoms with Crippen molar-refractivity contribution in [1.82, 2.24) is 9.97 Å². The quantitative estimate of drug-likeness (QED) is 0.498. The number of rotatable bonds is 5. The van der Waals surface area contributed by atoms with Gasteiger partial charge in [-0.1, -0.05) is 11.8 Å². The smallest absolute Gasteiger partial charge is 0.237 e. The van der Waals surface area contributed by atoms with E-state index in [4.69, 9.17) is 4.74 Å². The molecule has 7 heteroatoms. The molecule has 1 aromatic carbocycles. The van der Waals surface area contributed by atoms with Gasteiger partial charge < -0.3 is 10.1 Å². The van der Waals surface area contributed by atoms with Gasteiger partial charge in [-0.3, -0.25) is 4.79 Å². The first-order valence-electron chi connectivity index (χ1n) is 9.02. The molecule has 1 aliphatic rings. The van der Waals surface area contributed by atoms with Crippen LogP contribution in [0.1, 0.15) is 30.2 Å². The molecule has 1 amide bonds. The number of anilines is 1. The molecule has 0 unspecified atom stereocenters. The second kappa shape index (κ2) is 7.86. The molecule has 0 saturated carbocycles. The van der Waals surface area contributed by atoms with Crippen LogP contribution in [0.25, 0.3) is 10.2 Å². The van der Waals surface area contributed by atoms with Gasteiger partial charge in [-0.25, -0.2) is 9.97 Å². The van der Waals surface area contributed by atoms with E-state index >= 15 is 0 Å². The lowest BCUT2D eigenvalue weighted by molar-refractivity contribution is -0.115. The second-order valence-electron chi connectivity index (χ2n) is 6.55. The Morgan fingerprint density at radius 3 is 2.78 bits per heavy atom. The largest absolute Gasteiger partial charge is 0.497 e. The zero-order valence-electron chi connectivity index (χ0n) is 15.3. The highest BCUT2D eigenvalue weighted by molar-refractivity contribution is 8.00. The molecule has 2 heterocycles. The third-order valence-corrected chi connectivity index (χ3v) is 7.03. The summed E-state index contributed by atoms with van der Waals surface area (Å²) in [6.45, 7) is 1.91. The van der Waals surface area contributed by atoms with Crippen molar-refractivity contribution in [3.8, 4) is 5.75 Å². The minimum Gasteiger partial charge on any atom is -0.497 e. The molecule has 0 saturated heterocycles. The van der Waals surface area contributed by atoms with Crippen molar-refractivity contribution in [1.29, 1.82) is 0 Å². The highest BCUT2D eigenvalue weighted by Gasteiger charge is 2.23. The maximum Gasteiger partial charge on any atom is 0.237 e. The van der Waals surface area contributed by atoms with Crippen LogP contribution in [0.2, 0.25) is 0 Å². The molecule has 0 fully saturated rings. The van der Waals surface area contributed by atoms with E-state index in [0.717, 1.165) is 39.5 Å². The fourth-order valence-electron chi connectivity index (χ4n) is 3.29. The molecule has 1 atom stereocenters. The standard InChI is InChI=1S/C20H21N3O2S2/c1-12(18(24)23-13-7-9-14(25-2)10-8-13)26-19-17-15-5-3-4-6-16(15)27-20(17)22-11-21-19/h7-12H,3-6H2,1-2H3,(H,23,24)/t12-/m0/s1. The normalized spacial score (nSPS) is 14.6. The summed E-state index contributed by atoms with van der Waals surface area (Å²) in [5, 5.41) is 4.77. The number of nitrogens with zero attached hydrogens (tertiary/aromatic N) is 2. The van der Waals surface area contributed by atoms with Gasteiger partial charge in [-0.05, 0) is 62.4 Å². The van der Waals surface area contributed by atoms with Crippen LogP contribution in [-0.2, 0) is 17.6 Å². The van der Waals surface area contributed by atoms with Crippen molar-refractivity contribution in [2.75, 3.05) is 12.4 Å². The first kappa shape index (κ1) is 18.3. The molecule has 0 bridgehead atoms. The van der Waals surface area contributed by atoms with Crippen molar-refractivity contribution < 1.29 is 9.53 Å². The molecule has 5 nitrogen and oxygen atoms in total. The Hall–Kier alpha value is -2.12. The summed E-state index contributed by atoms with van der Waals surface area (Å²) in [5.41, 5.74) is 2.15. The van der Waals surface area contributed by atoms with Crippen molar-refractivity contribution in [3.05, 3.63) is 41.0 Å². The van der Waals surface area contributed by atoms with Crippen LogP contribution in [0.3, 0.4) is 0 Å². The first-order valence-corrected chi connectivity index (χ1v) is 10.7. The van der Waals surface area contributed by atoms with E-state index in [1.165, 1.54) is 35.0 Å². The van der Waals surface area contributed by atoms with E-state index in [-0.39, 0.29) is 11.2 Å². The van der Waals surface area contributed by atoms with Crippen LogP contribution in [0.15, 0.2) is 35.6 Å². The van der Waals surface area contributed by atoms with Crippen LogP contribution in [0, 0.1) is 0 Å². The molecule has 0 radical (unpaired) electrons. The summed E-state index contributed by atoms with van der Waals surface area (Å²) >= 11 is 3.28. The third-order valence-electron chi connectivity index (χ3n) is 4.73. The molecule has 0 aliphatic heterocycles. The van der Waals surface area contributed by atoms with Crippen LogP contribution >= 0.6 is 23.1 Å². The molecule has 1 N–H and O–H groups in total. The minimum atomic E-state index is -0.260. The number of methoxy groups -OCH3 is 1. The number of hydrogen-bond donors (Lipinski definition) is 1. The van der Waals surface area contributed by atoms with Crippen LogP contribution < -0.4 is 10.1 Å². The van der Waals surface area contributed by atoms with Crippen molar-refractivity contribution in [2.45, 2.75) is 42.9 Å². The van der Waals surface area contributed by atoms with Gasteiger partial charge in [0.2, 0.25) is 5.91 Å². The number of nitrogens with one attached hydrogen (secondary N) is 1. The summed E-state index contributed by atoms with van der Waals surface area (Å²) in [7, 11) is 1.62. The predicted octanol–water partition coefficient (Wildman–Crippen LogP) is 4.70. The number of thioether (sulfide) groups is 1. The van der Waals surface area contributed by atoms with Gasteiger partial charge in [0, 0.05) is 16.0 Å². The Balaban J connectivity index is 1.52.